The van der Waals surface area contributed by atoms with E-state index in [9.17, 15) is 13.2 Å². The summed E-state index contributed by atoms with van der Waals surface area (Å²) in [6.07, 6.45) is 4.67. The average Bonchev–Trinajstić information content (AvgIpc) is 2.92. The van der Waals surface area contributed by atoms with Gasteiger partial charge in [-0.25, -0.2) is 13.1 Å². The maximum Gasteiger partial charge on any atom is 0.240 e. The molecule has 0 radical (unpaired) electrons. The summed E-state index contributed by atoms with van der Waals surface area (Å²) >= 11 is 0. The lowest BCUT2D eigenvalue weighted by atomic mass is 9.88. The van der Waals surface area contributed by atoms with E-state index in [0.717, 1.165) is 36.9 Å². The molecule has 1 heterocycles. The lowest BCUT2D eigenvalue weighted by Gasteiger charge is -2.26. The van der Waals surface area contributed by atoms with Crippen LogP contribution in [0.1, 0.15) is 45.1 Å². The highest BCUT2D eigenvalue weighted by atomic mass is 32.2. The number of rotatable bonds is 3. The molecule has 0 atom stereocenters. The summed E-state index contributed by atoms with van der Waals surface area (Å²) in [5.74, 6) is 0.683. The molecule has 0 spiro atoms. The van der Waals surface area contributed by atoms with Crippen molar-refractivity contribution in [3.05, 3.63) is 23.8 Å². The largest absolute Gasteiger partial charge is 0.312 e. The minimum atomic E-state index is -3.49. The van der Waals surface area contributed by atoms with Crippen LogP contribution in [0.2, 0.25) is 0 Å². The molecule has 6 heteroatoms. The molecular formula is C17H24N2O3S. The first kappa shape index (κ1) is 16.5. The zero-order valence-corrected chi connectivity index (χ0v) is 14.5. The maximum atomic E-state index is 12.6. The minimum absolute atomic E-state index is 0.00573. The Kier molecular flexibility index (Phi) is 4.47. The molecule has 1 aromatic rings. The molecule has 2 aliphatic rings. The van der Waals surface area contributed by atoms with Gasteiger partial charge >= 0.3 is 0 Å². The predicted octanol–water partition coefficient (Wildman–Crippen LogP) is 2.45. The van der Waals surface area contributed by atoms with Crippen LogP contribution in [0.25, 0.3) is 0 Å². The SMILES string of the molecule is CC(=O)N1CCc2cc(S(=O)(=O)NC3CCC(C)CC3)ccc21. The average molecular weight is 336 g/mol. The monoisotopic (exact) mass is 336 g/mol. The van der Waals surface area contributed by atoms with Crippen LogP contribution in [-0.2, 0) is 21.2 Å². The molecule has 1 aliphatic carbocycles. The number of carbonyl (C=O) groups is 1. The quantitative estimate of drug-likeness (QED) is 0.922. The summed E-state index contributed by atoms with van der Waals surface area (Å²) < 4.78 is 28.1. The Morgan fingerprint density at radius 1 is 1.22 bits per heavy atom. The Bertz CT molecular complexity index is 707. The first-order valence-electron chi connectivity index (χ1n) is 8.30. The standard InChI is InChI=1S/C17H24N2O3S/c1-12-3-5-15(6-4-12)18-23(21,22)16-7-8-17-14(11-16)9-10-19(17)13(2)20/h7-8,11-12,15,18H,3-6,9-10H2,1-2H3. The molecule has 0 saturated heterocycles. The summed E-state index contributed by atoms with van der Waals surface area (Å²) in [5, 5.41) is 0. The fourth-order valence-electron chi connectivity index (χ4n) is 3.54. The van der Waals surface area contributed by atoms with E-state index in [1.807, 2.05) is 0 Å². The van der Waals surface area contributed by atoms with Crippen LogP contribution in [0.5, 0.6) is 0 Å². The van der Waals surface area contributed by atoms with Crippen LogP contribution in [-0.4, -0.2) is 26.9 Å². The molecule has 1 N–H and O–H groups in total. The van der Waals surface area contributed by atoms with Gasteiger partial charge in [0.15, 0.2) is 0 Å². The van der Waals surface area contributed by atoms with Gasteiger partial charge in [-0.2, -0.15) is 0 Å². The maximum absolute atomic E-state index is 12.6. The zero-order valence-electron chi connectivity index (χ0n) is 13.7. The molecule has 23 heavy (non-hydrogen) atoms. The van der Waals surface area contributed by atoms with Crippen molar-refractivity contribution >= 4 is 21.6 Å². The van der Waals surface area contributed by atoms with Crippen molar-refractivity contribution in [3.8, 4) is 0 Å². The molecule has 1 fully saturated rings. The number of carbonyl (C=O) groups excluding carboxylic acids is 1. The topological polar surface area (TPSA) is 66.5 Å². The van der Waals surface area contributed by atoms with Crippen molar-refractivity contribution in [1.29, 1.82) is 0 Å². The van der Waals surface area contributed by atoms with Crippen LogP contribution in [0.3, 0.4) is 0 Å². The third kappa shape index (κ3) is 3.43. The predicted molar refractivity (Wildman–Crippen MR) is 89.9 cm³/mol. The molecule has 1 aromatic carbocycles. The van der Waals surface area contributed by atoms with E-state index in [1.165, 1.54) is 6.92 Å². The van der Waals surface area contributed by atoms with E-state index in [-0.39, 0.29) is 11.9 Å². The Balaban J connectivity index is 1.77. The second-order valence-electron chi connectivity index (χ2n) is 6.79. The Morgan fingerprint density at radius 2 is 1.91 bits per heavy atom. The lowest BCUT2D eigenvalue weighted by molar-refractivity contribution is -0.116. The molecule has 1 saturated carbocycles. The zero-order chi connectivity index (χ0) is 16.6. The van der Waals surface area contributed by atoms with Gasteiger partial charge in [-0.3, -0.25) is 4.79 Å². The van der Waals surface area contributed by atoms with E-state index in [0.29, 0.717) is 23.8 Å². The summed E-state index contributed by atoms with van der Waals surface area (Å²) in [4.78, 5) is 13.6. The first-order valence-corrected chi connectivity index (χ1v) is 9.78. The van der Waals surface area contributed by atoms with Gasteiger partial charge in [-0.05, 0) is 61.8 Å². The number of hydrogen-bond acceptors (Lipinski definition) is 3. The molecule has 1 aliphatic heterocycles. The number of amides is 1. The molecule has 3 rings (SSSR count). The van der Waals surface area contributed by atoms with Crippen molar-refractivity contribution in [3.63, 3.8) is 0 Å². The van der Waals surface area contributed by atoms with Gasteiger partial charge < -0.3 is 4.90 Å². The third-order valence-electron chi connectivity index (χ3n) is 4.97. The summed E-state index contributed by atoms with van der Waals surface area (Å²) in [6, 6.07) is 5.11. The highest BCUT2D eigenvalue weighted by Gasteiger charge is 2.27. The first-order chi connectivity index (χ1) is 10.9. The van der Waals surface area contributed by atoms with Gasteiger partial charge in [-0.1, -0.05) is 6.92 Å². The number of fused-ring (bicyclic) bond motifs is 1. The molecule has 0 bridgehead atoms. The number of nitrogens with one attached hydrogen (secondary N) is 1. The highest BCUT2D eigenvalue weighted by molar-refractivity contribution is 7.89. The Labute approximate surface area is 138 Å². The highest BCUT2D eigenvalue weighted by Crippen LogP contribution is 2.31. The summed E-state index contributed by atoms with van der Waals surface area (Å²) in [5.41, 5.74) is 1.77. The second-order valence-corrected chi connectivity index (χ2v) is 8.50. The van der Waals surface area contributed by atoms with E-state index < -0.39 is 10.0 Å². The molecule has 0 unspecified atom stereocenters. The second kappa shape index (κ2) is 6.24. The van der Waals surface area contributed by atoms with Crippen molar-refractivity contribution in [2.24, 2.45) is 5.92 Å². The fraction of sp³-hybridized carbons (Fsp3) is 0.588. The number of benzene rings is 1. The molecule has 1 amide bonds. The van der Waals surface area contributed by atoms with E-state index in [1.54, 1.807) is 23.1 Å². The van der Waals surface area contributed by atoms with Crippen molar-refractivity contribution in [1.82, 2.24) is 4.72 Å². The van der Waals surface area contributed by atoms with E-state index in [4.69, 9.17) is 0 Å². The molecular weight excluding hydrogens is 312 g/mol. The van der Waals surface area contributed by atoms with Gasteiger partial charge in [0.25, 0.3) is 0 Å². The summed E-state index contributed by atoms with van der Waals surface area (Å²) in [7, 11) is -3.49. The van der Waals surface area contributed by atoms with Gasteiger partial charge in [0, 0.05) is 25.2 Å². The van der Waals surface area contributed by atoms with E-state index >= 15 is 0 Å². The van der Waals surface area contributed by atoms with Crippen LogP contribution in [0.4, 0.5) is 5.69 Å². The number of hydrogen-bond donors (Lipinski definition) is 1. The van der Waals surface area contributed by atoms with Crippen molar-refractivity contribution in [2.75, 3.05) is 11.4 Å². The molecule has 0 aromatic heterocycles. The minimum Gasteiger partial charge on any atom is -0.312 e. The van der Waals surface area contributed by atoms with Gasteiger partial charge in [-0.15, -0.1) is 0 Å². The Morgan fingerprint density at radius 3 is 2.57 bits per heavy atom. The number of nitrogens with zero attached hydrogens (tertiary/aromatic N) is 1. The molecule has 126 valence electrons. The van der Waals surface area contributed by atoms with Gasteiger partial charge in [0.2, 0.25) is 15.9 Å². The van der Waals surface area contributed by atoms with Crippen molar-refractivity contribution in [2.45, 2.75) is 56.9 Å². The Hall–Kier alpha value is -1.40. The van der Waals surface area contributed by atoms with Gasteiger partial charge in [0.05, 0.1) is 4.90 Å². The number of anilines is 1. The van der Waals surface area contributed by atoms with Crippen molar-refractivity contribution < 1.29 is 13.2 Å². The van der Waals surface area contributed by atoms with Crippen LogP contribution < -0.4 is 9.62 Å². The van der Waals surface area contributed by atoms with Crippen LogP contribution >= 0.6 is 0 Å². The van der Waals surface area contributed by atoms with Gasteiger partial charge in [0.1, 0.15) is 0 Å². The smallest absolute Gasteiger partial charge is 0.240 e. The fourth-order valence-corrected chi connectivity index (χ4v) is 4.89. The number of sulfonamides is 1. The summed E-state index contributed by atoms with van der Waals surface area (Å²) in [6.45, 7) is 4.37. The van der Waals surface area contributed by atoms with E-state index in [2.05, 4.69) is 11.6 Å². The van der Waals surface area contributed by atoms with Crippen LogP contribution in [0.15, 0.2) is 23.1 Å². The lowest BCUT2D eigenvalue weighted by Crippen LogP contribution is -2.37. The molecule has 5 nitrogen and oxygen atoms in total. The third-order valence-corrected chi connectivity index (χ3v) is 6.49. The normalized spacial score (nSPS) is 24.5. The van der Waals surface area contributed by atoms with Crippen LogP contribution in [0, 0.1) is 5.92 Å².